The number of esters is 1. The third kappa shape index (κ3) is 3.41. The van der Waals surface area contributed by atoms with E-state index < -0.39 is 0 Å². The Bertz CT molecular complexity index is 516. The summed E-state index contributed by atoms with van der Waals surface area (Å²) in [6, 6.07) is 11.5. The van der Waals surface area contributed by atoms with Crippen LogP contribution < -0.4 is 0 Å². The minimum absolute atomic E-state index is 0.277. The highest BCUT2D eigenvalue weighted by Gasteiger charge is 2.09. The Balaban J connectivity index is 1.94. The van der Waals surface area contributed by atoms with E-state index in [0.29, 0.717) is 11.5 Å². The molecule has 0 aliphatic heterocycles. The van der Waals surface area contributed by atoms with Crippen LogP contribution in [0.1, 0.15) is 20.8 Å². The fourth-order valence-electron chi connectivity index (χ4n) is 1.33. The summed E-state index contributed by atoms with van der Waals surface area (Å²) >= 11 is 4.69. The number of rotatable bonds is 3. The number of carbonyl (C=O) groups is 1. The fraction of sp³-hybridized carbons (Fsp3) is 0.154. The zero-order valence-corrected chi connectivity index (χ0v) is 11.7. The summed E-state index contributed by atoms with van der Waals surface area (Å²) in [5, 5.41) is 0. The lowest BCUT2D eigenvalue weighted by atomic mass is 10.2. The number of thiophene rings is 1. The summed E-state index contributed by atoms with van der Waals surface area (Å²) in [7, 11) is 0. The minimum atomic E-state index is -0.277. The van der Waals surface area contributed by atoms with Crippen molar-refractivity contribution in [2.45, 2.75) is 13.5 Å². The predicted octanol–water partition coefficient (Wildman–Crippen LogP) is 4.18. The van der Waals surface area contributed by atoms with Crippen molar-refractivity contribution in [3.8, 4) is 0 Å². The summed E-state index contributed by atoms with van der Waals surface area (Å²) in [4.78, 5) is 12.3. The number of hydrogen-bond acceptors (Lipinski definition) is 3. The van der Waals surface area contributed by atoms with Crippen molar-refractivity contribution >= 4 is 33.2 Å². The van der Waals surface area contributed by atoms with E-state index in [1.54, 1.807) is 6.07 Å². The van der Waals surface area contributed by atoms with E-state index in [4.69, 9.17) is 4.74 Å². The van der Waals surface area contributed by atoms with E-state index >= 15 is 0 Å². The minimum Gasteiger partial charge on any atom is -0.457 e. The van der Waals surface area contributed by atoms with E-state index in [1.807, 2.05) is 37.3 Å². The van der Waals surface area contributed by atoms with E-state index in [1.165, 1.54) is 16.9 Å². The molecule has 0 N–H and O–H groups in total. The second-order valence-corrected chi connectivity index (χ2v) is 6.13. The second kappa shape index (κ2) is 5.47. The molecule has 4 heteroatoms. The maximum Gasteiger partial charge on any atom is 0.348 e. The number of ether oxygens (including phenoxy) is 1. The fourth-order valence-corrected chi connectivity index (χ4v) is 2.61. The SMILES string of the molecule is Cc1ccc(COC(=O)c2ccc(Br)s2)cc1. The van der Waals surface area contributed by atoms with Crippen molar-refractivity contribution < 1.29 is 9.53 Å². The van der Waals surface area contributed by atoms with Gasteiger partial charge in [0.05, 0.1) is 3.79 Å². The Morgan fingerprint density at radius 1 is 1.24 bits per heavy atom. The molecule has 88 valence electrons. The van der Waals surface area contributed by atoms with Crippen LogP contribution in [0.25, 0.3) is 0 Å². The van der Waals surface area contributed by atoms with Crippen LogP contribution in [0, 0.1) is 6.92 Å². The maximum absolute atomic E-state index is 11.7. The number of halogens is 1. The first kappa shape index (κ1) is 12.3. The molecule has 0 atom stereocenters. The Morgan fingerprint density at radius 2 is 1.94 bits per heavy atom. The van der Waals surface area contributed by atoms with Crippen molar-refractivity contribution in [1.82, 2.24) is 0 Å². The van der Waals surface area contributed by atoms with Gasteiger partial charge in [0.2, 0.25) is 0 Å². The van der Waals surface area contributed by atoms with Crippen LogP contribution >= 0.6 is 27.3 Å². The van der Waals surface area contributed by atoms with Gasteiger partial charge in [0.1, 0.15) is 11.5 Å². The van der Waals surface area contributed by atoms with Crippen LogP contribution in [0.4, 0.5) is 0 Å². The molecule has 0 unspecified atom stereocenters. The number of carbonyl (C=O) groups excluding carboxylic acids is 1. The number of aryl methyl sites for hydroxylation is 1. The maximum atomic E-state index is 11.7. The zero-order chi connectivity index (χ0) is 12.3. The smallest absolute Gasteiger partial charge is 0.348 e. The van der Waals surface area contributed by atoms with E-state index in [-0.39, 0.29) is 5.97 Å². The van der Waals surface area contributed by atoms with Gasteiger partial charge in [-0.05, 0) is 40.5 Å². The quantitative estimate of drug-likeness (QED) is 0.795. The average molecular weight is 311 g/mol. The molecule has 1 aromatic carbocycles. The van der Waals surface area contributed by atoms with Crippen LogP contribution in [0.3, 0.4) is 0 Å². The molecule has 2 rings (SSSR count). The molecule has 0 saturated heterocycles. The molecular formula is C13H11BrO2S. The second-order valence-electron chi connectivity index (χ2n) is 3.67. The van der Waals surface area contributed by atoms with Crippen LogP contribution in [0.5, 0.6) is 0 Å². The first-order chi connectivity index (χ1) is 8.15. The van der Waals surface area contributed by atoms with Crippen molar-refractivity contribution in [2.75, 3.05) is 0 Å². The van der Waals surface area contributed by atoms with Gasteiger partial charge < -0.3 is 4.74 Å². The summed E-state index contributed by atoms with van der Waals surface area (Å²) in [6.07, 6.45) is 0. The Labute approximate surface area is 112 Å². The van der Waals surface area contributed by atoms with Gasteiger partial charge in [-0.1, -0.05) is 29.8 Å². The molecule has 0 bridgehead atoms. The molecule has 0 saturated carbocycles. The molecule has 2 nitrogen and oxygen atoms in total. The molecule has 0 aliphatic carbocycles. The topological polar surface area (TPSA) is 26.3 Å². The molecule has 0 amide bonds. The largest absolute Gasteiger partial charge is 0.457 e. The van der Waals surface area contributed by atoms with Gasteiger partial charge in [-0.2, -0.15) is 0 Å². The molecule has 1 aromatic heterocycles. The van der Waals surface area contributed by atoms with Gasteiger partial charge in [0, 0.05) is 0 Å². The monoisotopic (exact) mass is 310 g/mol. The molecule has 2 aromatic rings. The van der Waals surface area contributed by atoms with Crippen molar-refractivity contribution in [3.05, 3.63) is 56.2 Å². The Kier molecular flexibility index (Phi) is 3.97. The number of hydrogen-bond donors (Lipinski definition) is 0. The van der Waals surface area contributed by atoms with E-state index in [2.05, 4.69) is 15.9 Å². The van der Waals surface area contributed by atoms with Crippen LogP contribution in [0.2, 0.25) is 0 Å². The first-order valence-electron chi connectivity index (χ1n) is 5.13. The summed E-state index contributed by atoms with van der Waals surface area (Å²) in [5.74, 6) is -0.277. The lowest BCUT2D eigenvalue weighted by molar-refractivity contribution is 0.0478. The predicted molar refractivity (Wildman–Crippen MR) is 72.3 cm³/mol. The average Bonchev–Trinajstić information content (AvgIpc) is 2.75. The molecule has 17 heavy (non-hydrogen) atoms. The Hall–Kier alpha value is -1.13. The van der Waals surface area contributed by atoms with E-state index in [9.17, 15) is 4.79 Å². The normalized spacial score (nSPS) is 10.2. The van der Waals surface area contributed by atoms with E-state index in [0.717, 1.165) is 9.35 Å². The molecule has 0 fully saturated rings. The molecule has 0 radical (unpaired) electrons. The third-order valence-electron chi connectivity index (χ3n) is 2.26. The third-order valence-corrected chi connectivity index (χ3v) is 3.87. The van der Waals surface area contributed by atoms with Gasteiger partial charge in [-0.25, -0.2) is 4.79 Å². The molecular weight excluding hydrogens is 300 g/mol. The Morgan fingerprint density at radius 3 is 2.53 bits per heavy atom. The lowest BCUT2D eigenvalue weighted by Gasteiger charge is -2.03. The van der Waals surface area contributed by atoms with Crippen LogP contribution in [-0.2, 0) is 11.3 Å². The standard InChI is InChI=1S/C13H11BrO2S/c1-9-2-4-10(5-3-9)8-16-13(15)11-6-7-12(14)17-11/h2-7H,8H2,1H3. The van der Waals surface area contributed by atoms with Crippen LogP contribution in [-0.4, -0.2) is 5.97 Å². The molecule has 1 heterocycles. The summed E-state index contributed by atoms with van der Waals surface area (Å²) < 4.78 is 6.15. The highest BCUT2D eigenvalue weighted by molar-refractivity contribution is 9.11. The molecule has 0 aliphatic rings. The highest BCUT2D eigenvalue weighted by atomic mass is 79.9. The van der Waals surface area contributed by atoms with Crippen molar-refractivity contribution in [1.29, 1.82) is 0 Å². The van der Waals surface area contributed by atoms with Gasteiger partial charge in [0.15, 0.2) is 0 Å². The molecule has 0 spiro atoms. The van der Waals surface area contributed by atoms with Crippen molar-refractivity contribution in [3.63, 3.8) is 0 Å². The first-order valence-corrected chi connectivity index (χ1v) is 6.74. The van der Waals surface area contributed by atoms with Gasteiger partial charge in [-0.3, -0.25) is 0 Å². The zero-order valence-electron chi connectivity index (χ0n) is 9.27. The van der Waals surface area contributed by atoms with Gasteiger partial charge >= 0.3 is 5.97 Å². The van der Waals surface area contributed by atoms with Gasteiger partial charge in [-0.15, -0.1) is 11.3 Å². The van der Waals surface area contributed by atoms with Crippen LogP contribution in [0.15, 0.2) is 40.2 Å². The lowest BCUT2D eigenvalue weighted by Crippen LogP contribution is -2.02. The summed E-state index contributed by atoms with van der Waals surface area (Å²) in [6.45, 7) is 2.34. The number of benzene rings is 1. The van der Waals surface area contributed by atoms with Crippen molar-refractivity contribution in [2.24, 2.45) is 0 Å². The summed E-state index contributed by atoms with van der Waals surface area (Å²) in [5.41, 5.74) is 2.20. The van der Waals surface area contributed by atoms with Gasteiger partial charge in [0.25, 0.3) is 0 Å². The highest BCUT2D eigenvalue weighted by Crippen LogP contribution is 2.22.